The van der Waals surface area contributed by atoms with Crippen molar-refractivity contribution in [2.24, 2.45) is 0 Å². The van der Waals surface area contributed by atoms with Crippen molar-refractivity contribution in [2.45, 2.75) is 6.61 Å². The third-order valence-electron chi connectivity index (χ3n) is 4.56. The van der Waals surface area contributed by atoms with Gasteiger partial charge in [-0.15, -0.1) is 0 Å². The number of anilines is 2. The van der Waals surface area contributed by atoms with Gasteiger partial charge in [-0.3, -0.25) is 14.4 Å². The molecule has 4 rings (SSSR count). The zero-order chi connectivity index (χ0) is 22.1. The van der Waals surface area contributed by atoms with Crippen LogP contribution in [-0.2, 0) is 0 Å². The van der Waals surface area contributed by atoms with Crippen LogP contribution >= 0.6 is 11.6 Å². The Kier molecular flexibility index (Phi) is 5.39. The van der Waals surface area contributed by atoms with Gasteiger partial charge in [-0.25, -0.2) is 4.90 Å². The monoisotopic (exact) mass is 442 g/mol. The topological polar surface area (TPSA) is 75.7 Å². The van der Waals surface area contributed by atoms with Crippen molar-refractivity contribution in [1.29, 1.82) is 0 Å². The Hall–Kier alpha value is -3.78. The van der Waals surface area contributed by atoms with Crippen LogP contribution in [-0.4, -0.2) is 24.3 Å². The maximum absolute atomic E-state index is 12.6. The molecule has 1 aliphatic heterocycles. The van der Waals surface area contributed by atoms with E-state index >= 15 is 0 Å². The molecule has 3 aromatic carbocycles. The van der Waals surface area contributed by atoms with Gasteiger partial charge in [0.1, 0.15) is 5.75 Å². The summed E-state index contributed by atoms with van der Waals surface area (Å²) in [7, 11) is 0. The van der Waals surface area contributed by atoms with Crippen LogP contribution in [0.1, 0.15) is 31.1 Å². The number of imide groups is 1. The summed E-state index contributed by atoms with van der Waals surface area (Å²) in [5.74, 6) is -1.71. The van der Waals surface area contributed by atoms with Gasteiger partial charge in [0.15, 0.2) is 0 Å². The third kappa shape index (κ3) is 3.97. The van der Waals surface area contributed by atoms with Crippen molar-refractivity contribution in [3.05, 3.63) is 88.4 Å². The van der Waals surface area contributed by atoms with Crippen LogP contribution in [0, 0.1) is 0 Å². The van der Waals surface area contributed by atoms with E-state index in [0.717, 1.165) is 4.90 Å². The average Bonchev–Trinajstić information content (AvgIpc) is 2.99. The Labute approximate surface area is 180 Å². The molecule has 3 amide bonds. The van der Waals surface area contributed by atoms with Gasteiger partial charge in [0.2, 0.25) is 0 Å². The van der Waals surface area contributed by atoms with Gasteiger partial charge in [0, 0.05) is 11.3 Å². The fourth-order valence-electron chi connectivity index (χ4n) is 3.19. The zero-order valence-electron chi connectivity index (χ0n) is 15.6. The number of nitrogens with one attached hydrogen (secondary N) is 1. The van der Waals surface area contributed by atoms with E-state index in [0.29, 0.717) is 0 Å². The number of halogens is 3. The summed E-state index contributed by atoms with van der Waals surface area (Å²) in [5, 5.41) is 2.65. The van der Waals surface area contributed by atoms with Crippen molar-refractivity contribution in [1.82, 2.24) is 0 Å². The molecule has 6 nitrogen and oxygen atoms in total. The highest BCUT2D eigenvalue weighted by atomic mass is 35.5. The molecule has 9 heteroatoms. The molecule has 0 saturated carbocycles. The molecule has 0 spiro atoms. The number of hydrogen-bond acceptors (Lipinski definition) is 4. The summed E-state index contributed by atoms with van der Waals surface area (Å²) in [6.45, 7) is -3.01. The molecule has 156 valence electrons. The molecule has 0 saturated heterocycles. The molecular weight excluding hydrogens is 430 g/mol. The lowest BCUT2D eigenvalue weighted by atomic mass is 10.1. The quantitative estimate of drug-likeness (QED) is 0.564. The first kappa shape index (κ1) is 20.5. The van der Waals surface area contributed by atoms with Crippen molar-refractivity contribution < 1.29 is 27.9 Å². The number of benzene rings is 3. The number of alkyl halides is 2. The summed E-state index contributed by atoms with van der Waals surface area (Å²) >= 11 is 6.29. The van der Waals surface area contributed by atoms with E-state index in [1.54, 1.807) is 24.3 Å². The number of rotatable bonds is 5. The molecule has 0 aliphatic carbocycles. The zero-order valence-corrected chi connectivity index (χ0v) is 16.4. The molecule has 0 fully saturated rings. The van der Waals surface area contributed by atoms with Crippen LogP contribution in [0.25, 0.3) is 0 Å². The molecule has 1 N–H and O–H groups in total. The lowest BCUT2D eigenvalue weighted by Gasteiger charge is -2.16. The number of nitrogens with zero attached hydrogens (tertiary/aromatic N) is 1. The van der Waals surface area contributed by atoms with Gasteiger partial charge in [-0.05, 0) is 48.5 Å². The van der Waals surface area contributed by atoms with Gasteiger partial charge >= 0.3 is 6.61 Å². The van der Waals surface area contributed by atoms with E-state index in [-0.39, 0.29) is 38.8 Å². The molecule has 1 heterocycles. The van der Waals surface area contributed by atoms with E-state index in [9.17, 15) is 23.2 Å². The molecule has 0 radical (unpaired) electrons. The van der Waals surface area contributed by atoms with Crippen LogP contribution < -0.4 is 15.0 Å². The third-order valence-corrected chi connectivity index (χ3v) is 4.86. The van der Waals surface area contributed by atoms with E-state index < -0.39 is 24.3 Å². The number of fused-ring (bicyclic) bond motifs is 1. The second kappa shape index (κ2) is 8.16. The van der Waals surface area contributed by atoms with Crippen molar-refractivity contribution >= 4 is 40.7 Å². The second-order valence-electron chi connectivity index (χ2n) is 6.52. The minimum Gasteiger partial charge on any atom is -0.435 e. The van der Waals surface area contributed by atoms with Crippen LogP contribution in [0.2, 0.25) is 5.02 Å². The molecule has 0 unspecified atom stereocenters. The first-order chi connectivity index (χ1) is 14.8. The Morgan fingerprint density at radius 3 is 2.23 bits per heavy atom. The van der Waals surface area contributed by atoms with E-state index in [1.807, 2.05) is 0 Å². The normalized spacial score (nSPS) is 12.8. The molecule has 0 aromatic heterocycles. The predicted octanol–water partition coefficient (Wildman–Crippen LogP) is 4.99. The van der Waals surface area contributed by atoms with Crippen molar-refractivity contribution in [3.8, 4) is 5.75 Å². The van der Waals surface area contributed by atoms with Gasteiger partial charge in [-0.2, -0.15) is 8.78 Å². The number of amides is 3. The molecule has 31 heavy (non-hydrogen) atoms. The van der Waals surface area contributed by atoms with Gasteiger partial charge in [0.05, 0.1) is 21.8 Å². The van der Waals surface area contributed by atoms with E-state index in [1.165, 1.54) is 42.5 Å². The Balaban J connectivity index is 1.54. The minimum atomic E-state index is -3.01. The first-order valence-electron chi connectivity index (χ1n) is 8.99. The summed E-state index contributed by atoms with van der Waals surface area (Å²) < 4.78 is 29.0. The smallest absolute Gasteiger partial charge is 0.387 e. The SMILES string of the molecule is O=C(Nc1ccc(N2C(=O)c3ccccc3C2=O)c(Cl)c1)c1cccc(OC(F)F)c1. The first-order valence-corrected chi connectivity index (χ1v) is 9.36. The Morgan fingerprint density at radius 2 is 1.61 bits per heavy atom. The Bertz CT molecular complexity index is 1180. The van der Waals surface area contributed by atoms with Gasteiger partial charge in [-0.1, -0.05) is 29.8 Å². The number of hydrogen-bond donors (Lipinski definition) is 1. The molecule has 0 bridgehead atoms. The highest BCUT2D eigenvalue weighted by molar-refractivity contribution is 6.40. The standard InChI is InChI=1S/C22H13ClF2N2O4/c23-17-11-13(26-19(28)12-4-3-5-14(10-12)31-22(24)25)8-9-18(17)27-20(29)15-6-1-2-7-16(15)21(27)30/h1-11,22H,(H,26,28). The molecule has 1 aliphatic rings. The molecule has 0 atom stereocenters. The highest BCUT2D eigenvalue weighted by Gasteiger charge is 2.37. The average molecular weight is 443 g/mol. The number of ether oxygens (including phenoxy) is 1. The summed E-state index contributed by atoms with van der Waals surface area (Å²) in [6, 6.07) is 16.1. The van der Waals surface area contributed by atoms with Gasteiger partial charge < -0.3 is 10.1 Å². The highest BCUT2D eigenvalue weighted by Crippen LogP contribution is 2.35. The summed E-state index contributed by atoms with van der Waals surface area (Å²) in [4.78, 5) is 38.7. The number of carbonyl (C=O) groups is 3. The lowest BCUT2D eigenvalue weighted by molar-refractivity contribution is -0.0498. The van der Waals surface area contributed by atoms with Crippen molar-refractivity contribution in [2.75, 3.05) is 10.2 Å². The van der Waals surface area contributed by atoms with Crippen LogP contribution in [0.5, 0.6) is 5.75 Å². The van der Waals surface area contributed by atoms with E-state index in [4.69, 9.17) is 11.6 Å². The molecule has 3 aromatic rings. The predicted molar refractivity (Wildman–Crippen MR) is 110 cm³/mol. The van der Waals surface area contributed by atoms with Crippen LogP contribution in [0.3, 0.4) is 0 Å². The van der Waals surface area contributed by atoms with Crippen LogP contribution in [0.4, 0.5) is 20.2 Å². The Morgan fingerprint density at radius 1 is 0.935 bits per heavy atom. The summed E-state index contributed by atoms with van der Waals surface area (Å²) in [5.41, 5.74) is 1.13. The van der Waals surface area contributed by atoms with Crippen LogP contribution in [0.15, 0.2) is 66.7 Å². The van der Waals surface area contributed by atoms with Gasteiger partial charge in [0.25, 0.3) is 17.7 Å². The lowest BCUT2D eigenvalue weighted by Crippen LogP contribution is -2.29. The largest absolute Gasteiger partial charge is 0.435 e. The summed E-state index contributed by atoms with van der Waals surface area (Å²) in [6.07, 6.45) is 0. The second-order valence-corrected chi connectivity index (χ2v) is 6.93. The maximum atomic E-state index is 12.6. The number of carbonyl (C=O) groups excluding carboxylic acids is 3. The fourth-order valence-corrected chi connectivity index (χ4v) is 3.46. The van der Waals surface area contributed by atoms with E-state index in [2.05, 4.69) is 10.1 Å². The minimum absolute atomic E-state index is 0.0714. The van der Waals surface area contributed by atoms with Crippen molar-refractivity contribution in [3.63, 3.8) is 0 Å². The molecular formula is C22H13ClF2N2O4. The maximum Gasteiger partial charge on any atom is 0.387 e. The fraction of sp³-hybridized carbons (Fsp3) is 0.0455.